The van der Waals surface area contributed by atoms with Gasteiger partial charge in [0.25, 0.3) is 5.91 Å². The first kappa shape index (κ1) is 19.1. The van der Waals surface area contributed by atoms with Gasteiger partial charge in [-0.3, -0.25) is 15.1 Å². The Kier molecular flexibility index (Phi) is 5.06. The molecule has 1 atom stereocenters. The molecule has 29 heavy (non-hydrogen) atoms. The van der Waals surface area contributed by atoms with Gasteiger partial charge in [-0.2, -0.15) is 0 Å². The van der Waals surface area contributed by atoms with Crippen molar-refractivity contribution in [2.45, 2.75) is 13.1 Å². The highest BCUT2D eigenvalue weighted by Crippen LogP contribution is 2.41. The number of thioether (sulfide) groups is 1. The molecule has 0 aliphatic carbocycles. The molecule has 0 saturated heterocycles. The summed E-state index contributed by atoms with van der Waals surface area (Å²) in [7, 11) is 2.93. The van der Waals surface area contributed by atoms with E-state index < -0.39 is 6.17 Å². The molecule has 2 aliphatic heterocycles. The Hall–Kier alpha value is -3.20. The highest BCUT2D eigenvalue weighted by molar-refractivity contribution is 8.13. The number of nitrogens with one attached hydrogen (secondary N) is 1. The molecule has 2 heterocycles. The number of methoxy groups -OCH3 is 2. The van der Waals surface area contributed by atoms with Crippen molar-refractivity contribution in [3.8, 4) is 17.2 Å². The zero-order valence-corrected chi connectivity index (χ0v) is 17.0. The van der Waals surface area contributed by atoms with E-state index in [9.17, 15) is 9.90 Å². The molecule has 0 bridgehead atoms. The van der Waals surface area contributed by atoms with E-state index in [1.54, 1.807) is 17.1 Å². The number of carbonyl (C=O) groups is 1. The van der Waals surface area contributed by atoms with Crippen LogP contribution in [0.4, 0.5) is 0 Å². The minimum absolute atomic E-state index is 0.0960. The monoisotopic (exact) mass is 412 g/mol. The van der Waals surface area contributed by atoms with Gasteiger partial charge >= 0.3 is 0 Å². The van der Waals surface area contributed by atoms with Gasteiger partial charge in [0.15, 0.2) is 22.8 Å². The Bertz CT molecular complexity index is 1110. The zero-order chi connectivity index (χ0) is 20.5. The van der Waals surface area contributed by atoms with Crippen molar-refractivity contribution in [1.82, 2.24) is 10.3 Å². The molecular formula is C20H20N4O4S. The number of amidine groups is 1. The van der Waals surface area contributed by atoms with Crippen molar-refractivity contribution in [2.24, 2.45) is 10.1 Å². The molecular weight excluding hydrogens is 392 g/mol. The lowest BCUT2D eigenvalue weighted by Crippen LogP contribution is -2.50. The number of fused-ring (bicyclic) bond motifs is 2. The van der Waals surface area contributed by atoms with Gasteiger partial charge in [-0.05, 0) is 24.0 Å². The highest BCUT2D eigenvalue weighted by Gasteiger charge is 2.35. The third-order valence-electron chi connectivity index (χ3n) is 4.60. The largest absolute Gasteiger partial charge is 0.502 e. The summed E-state index contributed by atoms with van der Waals surface area (Å²) >= 11 is 1.44. The number of phenolic OH excluding ortho intramolecular Hbond substituents is 1. The van der Waals surface area contributed by atoms with Crippen molar-refractivity contribution in [2.75, 3.05) is 20.0 Å². The van der Waals surface area contributed by atoms with Crippen molar-refractivity contribution in [3.05, 3.63) is 52.5 Å². The maximum Gasteiger partial charge on any atom is 0.276 e. The summed E-state index contributed by atoms with van der Waals surface area (Å²) in [5.74, 6) is 0.941. The Balaban J connectivity index is 1.96. The summed E-state index contributed by atoms with van der Waals surface area (Å²) in [5, 5.41) is 21.3. The fraction of sp³-hybridized carbons (Fsp3) is 0.250. The van der Waals surface area contributed by atoms with Crippen LogP contribution in [0.5, 0.6) is 17.2 Å². The number of carbonyl (C=O) groups excluding carboxylic acids is 1. The summed E-state index contributed by atoms with van der Waals surface area (Å²) in [6.07, 6.45) is -0.623. The standard InChI is InChI=1S/C20H20N4O4S/c1-4-29-20-22-19(26)16-12-7-5-6-8-13(12)21-18(24(16)23-20)11-9-14(27-2)17(25)15(10-11)28-3/h5-10,18,25H,4H2,1-3H3,(H,22,23,26). The van der Waals surface area contributed by atoms with E-state index in [1.807, 2.05) is 31.2 Å². The van der Waals surface area contributed by atoms with Crippen molar-refractivity contribution in [3.63, 3.8) is 0 Å². The van der Waals surface area contributed by atoms with Crippen LogP contribution in [0.25, 0.3) is 5.70 Å². The van der Waals surface area contributed by atoms with E-state index in [4.69, 9.17) is 14.5 Å². The molecule has 2 N–H and O–H groups in total. The molecule has 8 nitrogen and oxygen atoms in total. The van der Waals surface area contributed by atoms with Gasteiger partial charge in [-0.1, -0.05) is 36.9 Å². The number of benzene rings is 2. The minimum atomic E-state index is -0.623. The predicted molar refractivity (Wildman–Crippen MR) is 110 cm³/mol. The molecule has 2 aromatic rings. The first-order valence-electron chi connectivity index (χ1n) is 9.01. The van der Waals surface area contributed by atoms with Crippen LogP contribution in [-0.2, 0) is 4.79 Å². The number of ether oxygens (including phenoxy) is 2. The van der Waals surface area contributed by atoms with Crippen LogP contribution < -0.4 is 25.4 Å². The number of rotatable bonds is 4. The number of amides is 1. The van der Waals surface area contributed by atoms with E-state index in [1.165, 1.54) is 26.0 Å². The summed E-state index contributed by atoms with van der Waals surface area (Å²) in [6, 6.07) is 10.8. The predicted octanol–water partition coefficient (Wildman–Crippen LogP) is 1.31. The Morgan fingerprint density at radius 2 is 1.90 bits per heavy atom. The number of aromatic hydroxyl groups is 1. The quantitative estimate of drug-likeness (QED) is 0.786. The zero-order valence-electron chi connectivity index (χ0n) is 16.2. The molecule has 0 radical (unpaired) electrons. The molecule has 0 saturated carbocycles. The Morgan fingerprint density at radius 3 is 2.55 bits per heavy atom. The van der Waals surface area contributed by atoms with Crippen LogP contribution in [0.1, 0.15) is 18.7 Å². The van der Waals surface area contributed by atoms with Crippen LogP contribution in [0, 0.1) is 0 Å². The number of para-hydroxylation sites is 1. The average Bonchev–Trinajstić information content (AvgIpc) is 2.73. The van der Waals surface area contributed by atoms with Crippen LogP contribution >= 0.6 is 11.8 Å². The van der Waals surface area contributed by atoms with Gasteiger partial charge in [0.1, 0.15) is 5.70 Å². The molecule has 4 rings (SSSR count). The second kappa shape index (κ2) is 7.67. The summed E-state index contributed by atoms with van der Waals surface area (Å²) in [6.45, 7) is 1.99. The second-order valence-corrected chi connectivity index (χ2v) is 7.53. The SMILES string of the molecule is CCSC1=NN2C(=c3ccccc3=NC2c2cc(OC)c(O)c(OC)c2)C(=O)N1. The first-order valence-corrected chi connectivity index (χ1v) is 10.00. The molecule has 1 unspecified atom stereocenters. The third-order valence-corrected chi connectivity index (χ3v) is 5.34. The molecule has 0 aromatic heterocycles. The molecule has 1 amide bonds. The second-order valence-electron chi connectivity index (χ2n) is 6.28. The maximum atomic E-state index is 12.9. The summed E-state index contributed by atoms with van der Waals surface area (Å²) in [4.78, 5) is 17.8. The minimum Gasteiger partial charge on any atom is -0.502 e. The molecule has 0 fully saturated rings. The van der Waals surface area contributed by atoms with Gasteiger partial charge < -0.3 is 14.6 Å². The van der Waals surface area contributed by atoms with Crippen molar-refractivity contribution >= 4 is 28.5 Å². The summed E-state index contributed by atoms with van der Waals surface area (Å²) < 4.78 is 10.6. The van der Waals surface area contributed by atoms with Gasteiger partial charge in [0, 0.05) is 10.8 Å². The highest BCUT2D eigenvalue weighted by atomic mass is 32.2. The van der Waals surface area contributed by atoms with E-state index in [2.05, 4.69) is 10.4 Å². The normalized spacial score (nSPS) is 17.6. The van der Waals surface area contributed by atoms with Crippen molar-refractivity contribution in [1.29, 1.82) is 0 Å². The van der Waals surface area contributed by atoms with E-state index in [0.717, 1.165) is 5.75 Å². The van der Waals surface area contributed by atoms with Gasteiger partial charge in [-0.25, -0.2) is 5.01 Å². The molecule has 2 aromatic carbocycles. The topological polar surface area (TPSA) is 95.8 Å². The molecule has 0 spiro atoms. The Morgan fingerprint density at radius 1 is 1.21 bits per heavy atom. The van der Waals surface area contributed by atoms with E-state index in [-0.39, 0.29) is 23.2 Å². The van der Waals surface area contributed by atoms with Crippen LogP contribution in [0.2, 0.25) is 0 Å². The van der Waals surface area contributed by atoms with Gasteiger partial charge in [0.2, 0.25) is 5.75 Å². The number of nitrogens with zero attached hydrogens (tertiary/aromatic N) is 3. The van der Waals surface area contributed by atoms with Crippen LogP contribution in [-0.4, -0.2) is 41.2 Å². The number of hydrogen-bond donors (Lipinski definition) is 2. The molecule has 9 heteroatoms. The van der Waals surface area contributed by atoms with E-state index in [0.29, 0.717) is 27.0 Å². The third kappa shape index (κ3) is 3.27. The van der Waals surface area contributed by atoms with Crippen LogP contribution in [0.15, 0.2) is 46.5 Å². The van der Waals surface area contributed by atoms with Gasteiger partial charge in [0.05, 0.1) is 19.6 Å². The smallest absolute Gasteiger partial charge is 0.276 e. The van der Waals surface area contributed by atoms with E-state index >= 15 is 0 Å². The first-order chi connectivity index (χ1) is 14.1. The van der Waals surface area contributed by atoms with Crippen molar-refractivity contribution < 1.29 is 19.4 Å². The molecule has 2 aliphatic rings. The lowest BCUT2D eigenvalue weighted by atomic mass is 10.1. The summed E-state index contributed by atoms with van der Waals surface area (Å²) in [5.41, 5.74) is 1.09. The maximum absolute atomic E-state index is 12.9. The fourth-order valence-corrected chi connectivity index (χ4v) is 3.89. The number of hydrazone groups is 1. The van der Waals surface area contributed by atoms with Crippen LogP contribution in [0.3, 0.4) is 0 Å². The number of hydrogen-bond acceptors (Lipinski definition) is 8. The molecule has 150 valence electrons. The average molecular weight is 412 g/mol. The van der Waals surface area contributed by atoms with Gasteiger partial charge in [-0.15, -0.1) is 5.10 Å². The lowest BCUT2D eigenvalue weighted by molar-refractivity contribution is -0.116. The Labute approximate surface area is 171 Å². The fourth-order valence-electron chi connectivity index (χ4n) is 3.31. The lowest BCUT2D eigenvalue weighted by Gasteiger charge is -2.34. The number of phenols is 1.